The lowest BCUT2D eigenvalue weighted by Gasteiger charge is -2.00. The quantitative estimate of drug-likeness (QED) is 0.877. The average Bonchev–Trinajstić information content (AvgIpc) is 2.52. The van der Waals surface area contributed by atoms with Gasteiger partial charge in [0, 0.05) is 15.3 Å². The second-order valence-corrected chi connectivity index (χ2v) is 6.44. The lowest BCUT2D eigenvalue weighted by molar-refractivity contribution is 0.559. The number of aryl methyl sites for hydroxylation is 1. The van der Waals surface area contributed by atoms with Crippen molar-refractivity contribution < 1.29 is 0 Å². The van der Waals surface area contributed by atoms with Crippen molar-refractivity contribution in [2.45, 2.75) is 26.7 Å². The molecule has 3 heteroatoms. The summed E-state index contributed by atoms with van der Waals surface area (Å²) in [6, 6.07) is 0. The first-order chi connectivity index (χ1) is 6.50. The Morgan fingerprint density at radius 3 is 2.57 bits per heavy atom. The molecule has 2 unspecified atom stereocenters. The minimum Gasteiger partial charge on any atom is -0.330 e. The summed E-state index contributed by atoms with van der Waals surface area (Å²) in [6.45, 7) is 7.59. The zero-order valence-electron chi connectivity index (χ0n) is 8.80. The molecule has 0 bridgehead atoms. The number of rotatable bonds is 2. The molecule has 1 nitrogen and oxygen atoms in total. The summed E-state index contributed by atoms with van der Waals surface area (Å²) >= 11 is 5.53. The summed E-state index contributed by atoms with van der Waals surface area (Å²) in [6.07, 6.45) is 0. The summed E-state index contributed by atoms with van der Waals surface area (Å²) in [5.41, 5.74) is 7.53. The molecule has 14 heavy (non-hydrogen) atoms. The highest BCUT2D eigenvalue weighted by Crippen LogP contribution is 2.66. The number of hydrogen-bond acceptors (Lipinski definition) is 2. The van der Waals surface area contributed by atoms with Crippen LogP contribution in [0.5, 0.6) is 0 Å². The number of nitrogens with two attached hydrogens (primary N) is 1. The van der Waals surface area contributed by atoms with Gasteiger partial charge in [-0.1, -0.05) is 13.8 Å². The van der Waals surface area contributed by atoms with Crippen molar-refractivity contribution in [1.29, 1.82) is 0 Å². The van der Waals surface area contributed by atoms with Gasteiger partial charge in [0.2, 0.25) is 0 Å². The van der Waals surface area contributed by atoms with Crippen LogP contribution in [0.4, 0.5) is 0 Å². The molecule has 0 amide bonds. The van der Waals surface area contributed by atoms with Gasteiger partial charge in [-0.3, -0.25) is 0 Å². The lowest BCUT2D eigenvalue weighted by Crippen LogP contribution is -2.05. The van der Waals surface area contributed by atoms with Gasteiger partial charge in [-0.25, -0.2) is 0 Å². The Kier molecular flexibility index (Phi) is 2.53. The molecular weight excluding hydrogens is 258 g/mol. The van der Waals surface area contributed by atoms with Gasteiger partial charge in [0.1, 0.15) is 0 Å². The Bertz CT molecular complexity index is 356. The van der Waals surface area contributed by atoms with Crippen LogP contribution >= 0.6 is 27.3 Å². The lowest BCUT2D eigenvalue weighted by atomic mass is 10.1. The van der Waals surface area contributed by atoms with Crippen LogP contribution in [0.15, 0.2) is 9.85 Å². The van der Waals surface area contributed by atoms with E-state index in [4.69, 9.17) is 5.73 Å². The fourth-order valence-electron chi connectivity index (χ4n) is 2.36. The van der Waals surface area contributed by atoms with Crippen molar-refractivity contribution in [1.82, 2.24) is 0 Å². The Morgan fingerprint density at radius 1 is 1.57 bits per heavy atom. The van der Waals surface area contributed by atoms with E-state index >= 15 is 0 Å². The average molecular weight is 274 g/mol. The second-order valence-electron chi connectivity index (χ2n) is 4.74. The standard InChI is InChI=1S/C11H16BrNS/c1-6-5-14-10(9(6)12)8-7(4-13)11(8,2)3/h5,7-8H,4,13H2,1-3H3. The zero-order valence-corrected chi connectivity index (χ0v) is 11.2. The third-order valence-electron chi connectivity index (χ3n) is 3.51. The topological polar surface area (TPSA) is 26.0 Å². The first-order valence-electron chi connectivity index (χ1n) is 4.93. The third-order valence-corrected chi connectivity index (χ3v) is 6.01. The van der Waals surface area contributed by atoms with Crippen molar-refractivity contribution in [2.75, 3.05) is 6.54 Å². The maximum absolute atomic E-state index is 5.78. The molecule has 0 radical (unpaired) electrons. The second kappa shape index (κ2) is 3.32. The molecule has 0 saturated heterocycles. The predicted molar refractivity (Wildman–Crippen MR) is 65.8 cm³/mol. The summed E-state index contributed by atoms with van der Waals surface area (Å²) in [5, 5.41) is 2.22. The van der Waals surface area contributed by atoms with E-state index in [1.807, 2.05) is 11.3 Å². The molecule has 0 spiro atoms. The highest BCUT2D eigenvalue weighted by atomic mass is 79.9. The van der Waals surface area contributed by atoms with Crippen LogP contribution in [0.1, 0.15) is 30.2 Å². The minimum atomic E-state index is 0.397. The normalized spacial score (nSPS) is 29.2. The van der Waals surface area contributed by atoms with Gasteiger partial charge in [-0.15, -0.1) is 11.3 Å². The van der Waals surface area contributed by atoms with Gasteiger partial charge >= 0.3 is 0 Å². The Balaban J connectivity index is 2.31. The zero-order chi connectivity index (χ0) is 10.5. The molecule has 78 valence electrons. The minimum absolute atomic E-state index is 0.397. The molecule has 1 fully saturated rings. The van der Waals surface area contributed by atoms with Gasteiger partial charge in [-0.2, -0.15) is 0 Å². The molecular formula is C11H16BrNS. The largest absolute Gasteiger partial charge is 0.330 e. The summed E-state index contributed by atoms with van der Waals surface area (Å²) in [4.78, 5) is 1.49. The highest BCUT2D eigenvalue weighted by molar-refractivity contribution is 9.10. The van der Waals surface area contributed by atoms with E-state index in [-0.39, 0.29) is 0 Å². The highest BCUT2D eigenvalue weighted by Gasteiger charge is 2.58. The van der Waals surface area contributed by atoms with Gasteiger partial charge in [0.25, 0.3) is 0 Å². The molecule has 1 saturated carbocycles. The predicted octanol–water partition coefficient (Wildman–Crippen LogP) is 3.52. The first kappa shape index (κ1) is 10.7. The van der Waals surface area contributed by atoms with E-state index in [9.17, 15) is 0 Å². The molecule has 0 aromatic carbocycles. The van der Waals surface area contributed by atoms with E-state index in [0.717, 1.165) is 6.54 Å². The van der Waals surface area contributed by atoms with Crippen LogP contribution in [0.2, 0.25) is 0 Å². The summed E-state index contributed by atoms with van der Waals surface area (Å²) < 4.78 is 1.30. The molecule has 1 aromatic heterocycles. The van der Waals surface area contributed by atoms with E-state index in [2.05, 4.69) is 42.1 Å². The van der Waals surface area contributed by atoms with Crippen molar-refractivity contribution in [3.05, 3.63) is 20.3 Å². The summed E-state index contributed by atoms with van der Waals surface area (Å²) in [5.74, 6) is 1.33. The van der Waals surface area contributed by atoms with Crippen LogP contribution in [-0.4, -0.2) is 6.54 Å². The first-order valence-corrected chi connectivity index (χ1v) is 6.61. The number of thiophene rings is 1. The van der Waals surface area contributed by atoms with Crippen molar-refractivity contribution >= 4 is 27.3 Å². The smallest absolute Gasteiger partial charge is 0.0346 e. The van der Waals surface area contributed by atoms with Gasteiger partial charge < -0.3 is 5.73 Å². The fourth-order valence-corrected chi connectivity index (χ4v) is 4.46. The molecule has 0 aliphatic heterocycles. The van der Waals surface area contributed by atoms with E-state index < -0.39 is 0 Å². The van der Waals surface area contributed by atoms with Gasteiger partial charge in [0.05, 0.1) is 0 Å². The van der Waals surface area contributed by atoms with Crippen molar-refractivity contribution in [3.63, 3.8) is 0 Å². The van der Waals surface area contributed by atoms with Crippen molar-refractivity contribution in [3.8, 4) is 0 Å². The number of hydrogen-bond donors (Lipinski definition) is 1. The van der Waals surface area contributed by atoms with Crippen LogP contribution in [0, 0.1) is 18.3 Å². The van der Waals surface area contributed by atoms with Crippen LogP contribution in [-0.2, 0) is 0 Å². The van der Waals surface area contributed by atoms with Crippen LogP contribution < -0.4 is 5.73 Å². The molecule has 2 rings (SSSR count). The van der Waals surface area contributed by atoms with Crippen molar-refractivity contribution in [2.24, 2.45) is 17.1 Å². The Labute approximate surface area is 97.8 Å². The third kappa shape index (κ3) is 1.37. The SMILES string of the molecule is Cc1csc(C2C(CN)C2(C)C)c1Br. The van der Waals surface area contributed by atoms with E-state index in [1.54, 1.807) is 0 Å². The Hall–Kier alpha value is 0.140. The van der Waals surface area contributed by atoms with Gasteiger partial charge in [0.15, 0.2) is 0 Å². The molecule has 1 aliphatic carbocycles. The summed E-state index contributed by atoms with van der Waals surface area (Å²) in [7, 11) is 0. The molecule has 2 N–H and O–H groups in total. The van der Waals surface area contributed by atoms with Gasteiger partial charge in [-0.05, 0) is 51.7 Å². The molecule has 1 aromatic rings. The van der Waals surface area contributed by atoms with Crippen LogP contribution in [0.3, 0.4) is 0 Å². The monoisotopic (exact) mass is 273 g/mol. The fraction of sp³-hybridized carbons (Fsp3) is 0.636. The maximum Gasteiger partial charge on any atom is 0.0346 e. The molecule has 1 heterocycles. The van der Waals surface area contributed by atoms with E-state index in [1.165, 1.54) is 14.9 Å². The maximum atomic E-state index is 5.78. The van der Waals surface area contributed by atoms with E-state index in [0.29, 0.717) is 17.3 Å². The Morgan fingerprint density at radius 2 is 2.21 bits per heavy atom. The van der Waals surface area contributed by atoms with Crippen LogP contribution in [0.25, 0.3) is 0 Å². The molecule has 2 atom stereocenters. The molecule has 1 aliphatic rings. The number of halogens is 1.